The molecule has 3 atom stereocenters. The molecular formula is C36H46N4O8S. The third-order valence-electron chi connectivity index (χ3n) is 7.97. The second kappa shape index (κ2) is 18.1. The van der Waals surface area contributed by atoms with Crippen LogP contribution in [0.1, 0.15) is 71.9 Å². The lowest BCUT2D eigenvalue weighted by Gasteiger charge is -2.28. The van der Waals surface area contributed by atoms with Crippen LogP contribution in [0.2, 0.25) is 0 Å². The van der Waals surface area contributed by atoms with Crippen molar-refractivity contribution in [3.8, 4) is 0 Å². The number of anilines is 1. The summed E-state index contributed by atoms with van der Waals surface area (Å²) >= 11 is 0. The van der Waals surface area contributed by atoms with Crippen LogP contribution < -0.4 is 20.3 Å². The maximum absolute atomic E-state index is 13.3. The van der Waals surface area contributed by atoms with Crippen LogP contribution in [-0.4, -0.2) is 68.1 Å². The maximum Gasteiger partial charge on any atom is 0.335 e. The van der Waals surface area contributed by atoms with Crippen LogP contribution in [0.25, 0.3) is 0 Å². The molecule has 3 amide bonds. The third kappa shape index (κ3) is 12.3. The average molecular weight is 695 g/mol. The molecule has 0 aliphatic rings. The topological polar surface area (TPSA) is 182 Å². The number of aliphatic hydroxyl groups excluding tert-OH is 1. The van der Waals surface area contributed by atoms with E-state index in [2.05, 4.69) is 16.0 Å². The Morgan fingerprint density at radius 1 is 0.816 bits per heavy atom. The largest absolute Gasteiger partial charge is 0.478 e. The number of carboxylic acids is 1. The molecule has 0 spiro atoms. The summed E-state index contributed by atoms with van der Waals surface area (Å²) in [6.45, 7) is 5.85. The van der Waals surface area contributed by atoms with Crippen molar-refractivity contribution in [3.63, 3.8) is 0 Å². The number of nitrogens with zero attached hydrogens (tertiary/aromatic N) is 1. The van der Waals surface area contributed by atoms with E-state index in [0.29, 0.717) is 17.7 Å². The number of carbonyl (C=O) groups is 4. The van der Waals surface area contributed by atoms with Crippen LogP contribution >= 0.6 is 0 Å². The van der Waals surface area contributed by atoms with Gasteiger partial charge in [-0.3, -0.25) is 18.7 Å². The van der Waals surface area contributed by atoms with Gasteiger partial charge in [-0.05, 0) is 60.2 Å². The number of rotatable bonds is 18. The van der Waals surface area contributed by atoms with E-state index in [4.69, 9.17) is 5.11 Å². The molecule has 3 rings (SSSR count). The lowest BCUT2D eigenvalue weighted by atomic mass is 9.92. The zero-order valence-electron chi connectivity index (χ0n) is 28.3. The molecule has 12 nitrogen and oxygen atoms in total. The fourth-order valence-electron chi connectivity index (χ4n) is 5.12. The van der Waals surface area contributed by atoms with E-state index >= 15 is 0 Å². The van der Waals surface area contributed by atoms with Crippen molar-refractivity contribution < 1.29 is 37.8 Å². The highest BCUT2D eigenvalue weighted by Gasteiger charge is 2.27. The molecule has 0 aromatic heterocycles. The first-order chi connectivity index (χ1) is 23.2. The van der Waals surface area contributed by atoms with Crippen molar-refractivity contribution in [1.29, 1.82) is 0 Å². The monoisotopic (exact) mass is 694 g/mol. The molecular weight excluding hydrogens is 648 g/mol. The maximum atomic E-state index is 13.3. The van der Waals surface area contributed by atoms with Gasteiger partial charge in [-0.25, -0.2) is 13.2 Å². The third-order valence-corrected chi connectivity index (χ3v) is 9.72. The van der Waals surface area contributed by atoms with Gasteiger partial charge >= 0.3 is 5.97 Å². The van der Waals surface area contributed by atoms with Gasteiger partial charge in [0.25, 0.3) is 5.91 Å². The van der Waals surface area contributed by atoms with Crippen LogP contribution in [0.4, 0.5) is 5.69 Å². The Morgan fingerprint density at radius 2 is 1.49 bits per heavy atom. The smallest absolute Gasteiger partial charge is 0.335 e. The Hall–Kier alpha value is -4.75. The minimum Gasteiger partial charge on any atom is -0.478 e. The Labute approximate surface area is 288 Å². The summed E-state index contributed by atoms with van der Waals surface area (Å²) in [5.41, 5.74) is 2.07. The summed E-state index contributed by atoms with van der Waals surface area (Å²) < 4.78 is 27.3. The predicted octanol–water partition coefficient (Wildman–Crippen LogP) is 3.71. The van der Waals surface area contributed by atoms with E-state index in [1.807, 2.05) is 19.9 Å². The van der Waals surface area contributed by atoms with E-state index in [1.54, 1.807) is 61.5 Å². The molecule has 0 saturated heterocycles. The fourth-order valence-corrected chi connectivity index (χ4v) is 6.36. The Balaban J connectivity index is 1.52. The van der Waals surface area contributed by atoms with Crippen molar-refractivity contribution in [1.82, 2.24) is 16.0 Å². The highest BCUT2D eigenvalue weighted by Crippen LogP contribution is 2.22. The highest BCUT2D eigenvalue weighted by atomic mass is 32.2. The van der Waals surface area contributed by atoms with Gasteiger partial charge in [-0.1, -0.05) is 69.3 Å². The summed E-state index contributed by atoms with van der Waals surface area (Å²) in [5, 5.41) is 28.4. The van der Waals surface area contributed by atoms with Crippen molar-refractivity contribution in [3.05, 3.63) is 101 Å². The molecule has 13 heteroatoms. The van der Waals surface area contributed by atoms with Crippen LogP contribution in [0.3, 0.4) is 0 Å². The molecule has 0 aliphatic heterocycles. The molecule has 0 fully saturated rings. The molecule has 0 radical (unpaired) electrons. The summed E-state index contributed by atoms with van der Waals surface area (Å²) in [4.78, 5) is 49.3. The molecule has 264 valence electrons. The van der Waals surface area contributed by atoms with E-state index in [1.165, 1.54) is 25.2 Å². The van der Waals surface area contributed by atoms with Crippen molar-refractivity contribution in [2.45, 2.75) is 64.5 Å². The zero-order valence-corrected chi connectivity index (χ0v) is 29.1. The lowest BCUT2D eigenvalue weighted by Crippen LogP contribution is -2.46. The van der Waals surface area contributed by atoms with Gasteiger partial charge in [0.1, 0.15) is 0 Å². The molecule has 0 saturated carbocycles. The molecule has 49 heavy (non-hydrogen) atoms. The molecule has 3 aromatic carbocycles. The lowest BCUT2D eigenvalue weighted by molar-refractivity contribution is -0.126. The quantitative estimate of drug-likeness (QED) is 0.134. The van der Waals surface area contributed by atoms with Gasteiger partial charge in [0.05, 0.1) is 29.1 Å². The number of aliphatic hydroxyl groups is 1. The number of carbonyl (C=O) groups excluding carboxylic acids is 3. The predicted molar refractivity (Wildman–Crippen MR) is 187 cm³/mol. The summed E-state index contributed by atoms with van der Waals surface area (Å²) in [6.07, 6.45) is -0.532. The van der Waals surface area contributed by atoms with Gasteiger partial charge in [-0.2, -0.15) is 0 Å². The van der Waals surface area contributed by atoms with E-state index in [0.717, 1.165) is 9.87 Å². The number of sulfonamides is 1. The van der Waals surface area contributed by atoms with Crippen molar-refractivity contribution >= 4 is 39.4 Å². The average Bonchev–Trinajstić information content (AvgIpc) is 3.06. The van der Waals surface area contributed by atoms with E-state index in [-0.39, 0.29) is 60.5 Å². The molecule has 0 aliphatic carbocycles. The number of hydrogen-bond donors (Lipinski definition) is 5. The van der Waals surface area contributed by atoms with Gasteiger partial charge < -0.3 is 26.2 Å². The number of carboxylic acid groups (broad SMARTS) is 1. The Kier molecular flexibility index (Phi) is 14.3. The van der Waals surface area contributed by atoms with Gasteiger partial charge in [0.15, 0.2) is 0 Å². The molecule has 0 bridgehead atoms. The zero-order chi connectivity index (χ0) is 36.1. The van der Waals surface area contributed by atoms with Gasteiger partial charge in [0.2, 0.25) is 21.8 Å². The first-order valence-electron chi connectivity index (χ1n) is 16.1. The summed E-state index contributed by atoms with van der Waals surface area (Å²) in [6, 6.07) is 20.5. The van der Waals surface area contributed by atoms with Crippen LogP contribution in [0.5, 0.6) is 0 Å². The normalized spacial score (nSPS) is 13.2. The second-order valence-corrected chi connectivity index (χ2v) is 14.5. The van der Waals surface area contributed by atoms with Crippen LogP contribution in [0.15, 0.2) is 78.9 Å². The highest BCUT2D eigenvalue weighted by molar-refractivity contribution is 7.92. The number of benzene rings is 3. The molecule has 5 N–H and O–H groups in total. The SMILES string of the molecule is CC(C)C[C@H](NC(=O)c1cccc(N(C)S(=O)(=O)Cc2ccccc2)c1)[C@@H](O)C[C@@H](C)C(=O)NCCC(=O)NCc1ccc(C(=O)O)cc1. The van der Waals surface area contributed by atoms with Gasteiger partial charge in [0, 0.05) is 38.0 Å². The molecule has 0 unspecified atom stereocenters. The van der Waals surface area contributed by atoms with Crippen LogP contribution in [0, 0.1) is 11.8 Å². The second-order valence-electron chi connectivity index (χ2n) is 12.5. The fraction of sp³-hybridized carbons (Fsp3) is 0.389. The van der Waals surface area contributed by atoms with Crippen molar-refractivity contribution in [2.24, 2.45) is 11.8 Å². The Bertz CT molecular complexity index is 1680. The van der Waals surface area contributed by atoms with E-state index < -0.39 is 40.0 Å². The molecule has 3 aromatic rings. The van der Waals surface area contributed by atoms with Gasteiger partial charge in [-0.15, -0.1) is 0 Å². The van der Waals surface area contributed by atoms with Crippen molar-refractivity contribution in [2.75, 3.05) is 17.9 Å². The standard InChI is InChI=1S/C36H46N4O8S/c1-24(2)19-31(39-35(44)29-11-8-12-30(21-29)40(4)49(47,48)23-27-9-6-5-7-10-27)32(41)20-25(3)34(43)37-18-17-33(42)38-22-26-13-15-28(16-14-26)36(45)46/h5-16,21,24-25,31-32,41H,17-20,22-23H2,1-4H3,(H,37,43)(H,38,42)(H,39,44)(H,45,46)/t25-,31+,32+/m1/s1. The number of aromatic carboxylic acids is 1. The number of amides is 3. The minimum absolute atomic E-state index is 0.0298. The Morgan fingerprint density at radius 3 is 2.12 bits per heavy atom. The molecule has 0 heterocycles. The number of nitrogens with one attached hydrogen (secondary N) is 3. The summed E-state index contributed by atoms with van der Waals surface area (Å²) in [5.74, 6) is -2.87. The van der Waals surface area contributed by atoms with Crippen LogP contribution in [-0.2, 0) is 31.9 Å². The first kappa shape index (κ1) is 38.7. The van der Waals surface area contributed by atoms with E-state index in [9.17, 15) is 32.7 Å². The number of hydrogen-bond acceptors (Lipinski definition) is 7. The minimum atomic E-state index is -3.73. The summed E-state index contributed by atoms with van der Waals surface area (Å²) in [7, 11) is -2.29. The first-order valence-corrected chi connectivity index (χ1v) is 17.7.